The molecule has 0 aromatic rings. The molecule has 0 fully saturated rings. The van der Waals surface area contributed by atoms with Gasteiger partial charge >= 0.3 is 6.09 Å². The Bertz CT molecular complexity index is 114. The lowest BCUT2D eigenvalue weighted by Crippen LogP contribution is -2.24. The lowest BCUT2D eigenvalue weighted by molar-refractivity contribution is -0.114. The van der Waals surface area contributed by atoms with Crippen LogP contribution in [0.15, 0.2) is 0 Å². The van der Waals surface area contributed by atoms with Crippen molar-refractivity contribution in [1.29, 1.82) is 0 Å². The molecule has 0 aliphatic rings. The van der Waals surface area contributed by atoms with E-state index >= 15 is 0 Å². The molecule has 4 heteroatoms. The fraction of sp³-hybridized carbons (Fsp3) is 0.714. The molecule has 0 radical (unpaired) electrons. The van der Waals surface area contributed by atoms with Crippen LogP contribution in [-0.2, 0) is 9.53 Å². The molecule has 0 aliphatic heterocycles. The third kappa shape index (κ3) is 8.94. The maximum absolute atomic E-state index is 10.3. The van der Waals surface area contributed by atoms with E-state index in [2.05, 4.69) is 10.1 Å². The predicted molar refractivity (Wildman–Crippen MR) is 42.4 cm³/mol. The first-order valence-electron chi connectivity index (χ1n) is 3.54. The predicted octanol–water partition coefficient (Wildman–Crippen LogP) is 0.956. The Hall–Kier alpha value is -1.06. The molecule has 0 aromatic carbocycles. The zero-order valence-electron chi connectivity index (χ0n) is 7.38. The van der Waals surface area contributed by atoms with Crippen LogP contribution in [0.25, 0.3) is 0 Å². The molecule has 0 aromatic heterocycles. The Morgan fingerprint density at radius 2 is 2.00 bits per heavy atom. The Kier molecular flexibility index (Phi) is 10.2. The molecule has 11 heavy (non-hydrogen) atoms. The van der Waals surface area contributed by atoms with E-state index in [1.165, 1.54) is 14.0 Å². The number of hydrogen-bond acceptors (Lipinski definition) is 3. The summed E-state index contributed by atoms with van der Waals surface area (Å²) >= 11 is 0. The fourth-order valence-electron chi connectivity index (χ4n) is 0.256. The second-order valence-electron chi connectivity index (χ2n) is 1.50. The molecule has 0 spiro atoms. The number of hydrogen-bond donors (Lipinski definition) is 1. The van der Waals surface area contributed by atoms with E-state index in [-0.39, 0.29) is 0 Å². The van der Waals surface area contributed by atoms with Gasteiger partial charge in [-0.25, -0.2) is 4.79 Å². The molecular weight excluding hydrogens is 146 g/mol. The second-order valence-corrected chi connectivity index (χ2v) is 1.50. The van der Waals surface area contributed by atoms with Gasteiger partial charge in [0.05, 0.1) is 0 Å². The van der Waals surface area contributed by atoms with Crippen LogP contribution in [0.3, 0.4) is 0 Å². The third-order valence-corrected chi connectivity index (χ3v) is 0.689. The molecule has 0 rings (SSSR count). The first kappa shape index (κ1) is 12.6. The maximum Gasteiger partial charge on any atom is 0.407 e. The molecular formula is C7H15NO3. The van der Waals surface area contributed by atoms with E-state index in [1.54, 1.807) is 0 Å². The van der Waals surface area contributed by atoms with Crippen LogP contribution in [0, 0.1) is 0 Å². The highest BCUT2D eigenvalue weighted by Gasteiger charge is 2.03. The smallest absolute Gasteiger partial charge is 0.407 e. The molecule has 1 unspecified atom stereocenters. The summed E-state index contributed by atoms with van der Waals surface area (Å²) < 4.78 is 4.43. The van der Waals surface area contributed by atoms with Crippen LogP contribution >= 0.6 is 0 Å². The second kappa shape index (κ2) is 8.94. The van der Waals surface area contributed by atoms with E-state index in [0.717, 1.165) is 0 Å². The van der Waals surface area contributed by atoms with Crippen LogP contribution in [0.2, 0.25) is 0 Å². The Morgan fingerprint density at radius 1 is 1.55 bits per heavy atom. The SMILES string of the molecule is CC.CNC(=O)OC(C)C=O. The molecule has 4 nitrogen and oxygen atoms in total. The van der Waals surface area contributed by atoms with Crippen LogP contribution in [0.1, 0.15) is 20.8 Å². The standard InChI is InChI=1S/C5H9NO3.C2H6/c1-4(3-7)9-5(8)6-2;1-2/h3-4H,1-2H3,(H,6,8);1-2H3. The van der Waals surface area contributed by atoms with Gasteiger partial charge < -0.3 is 10.1 Å². The highest BCUT2D eigenvalue weighted by atomic mass is 16.6. The number of aldehydes is 1. The topological polar surface area (TPSA) is 55.4 Å². The number of carbonyl (C=O) groups excluding carboxylic acids is 2. The van der Waals surface area contributed by atoms with Crippen molar-refractivity contribution in [2.75, 3.05) is 7.05 Å². The Balaban J connectivity index is 0. The van der Waals surface area contributed by atoms with Crippen LogP contribution in [0.4, 0.5) is 4.79 Å². The van der Waals surface area contributed by atoms with E-state index in [1.807, 2.05) is 13.8 Å². The Morgan fingerprint density at radius 3 is 2.27 bits per heavy atom. The number of ether oxygens (including phenoxy) is 1. The summed E-state index contributed by atoms with van der Waals surface area (Å²) in [5.74, 6) is 0. The third-order valence-electron chi connectivity index (χ3n) is 0.689. The number of alkyl carbamates (subject to hydrolysis) is 1. The van der Waals surface area contributed by atoms with E-state index in [4.69, 9.17) is 0 Å². The molecule has 0 saturated heterocycles. The van der Waals surface area contributed by atoms with Crippen molar-refractivity contribution in [2.45, 2.75) is 26.9 Å². The minimum atomic E-state index is -0.662. The highest BCUT2D eigenvalue weighted by Crippen LogP contribution is 1.84. The molecule has 1 atom stereocenters. The van der Waals surface area contributed by atoms with Gasteiger partial charge in [0.25, 0.3) is 0 Å². The van der Waals surface area contributed by atoms with Crippen molar-refractivity contribution in [3.05, 3.63) is 0 Å². The quantitative estimate of drug-likeness (QED) is 0.613. The van der Waals surface area contributed by atoms with Gasteiger partial charge in [0.15, 0.2) is 12.4 Å². The van der Waals surface area contributed by atoms with Crippen molar-refractivity contribution < 1.29 is 14.3 Å². The normalized spacial score (nSPS) is 10.2. The summed E-state index contributed by atoms with van der Waals surface area (Å²) in [5.41, 5.74) is 0. The maximum atomic E-state index is 10.3. The zero-order valence-corrected chi connectivity index (χ0v) is 7.38. The van der Waals surface area contributed by atoms with Gasteiger partial charge in [-0.05, 0) is 6.92 Å². The summed E-state index contributed by atoms with van der Waals surface area (Å²) in [6, 6.07) is 0. The van der Waals surface area contributed by atoms with Gasteiger partial charge in [-0.2, -0.15) is 0 Å². The summed E-state index contributed by atoms with van der Waals surface area (Å²) in [6.07, 6.45) is -0.700. The number of carbonyl (C=O) groups is 2. The van der Waals surface area contributed by atoms with E-state index < -0.39 is 12.2 Å². The van der Waals surface area contributed by atoms with Crippen LogP contribution < -0.4 is 5.32 Å². The van der Waals surface area contributed by atoms with Crippen LogP contribution in [0.5, 0.6) is 0 Å². The number of rotatable bonds is 2. The summed E-state index contributed by atoms with van der Waals surface area (Å²) in [6.45, 7) is 5.49. The molecule has 0 bridgehead atoms. The largest absolute Gasteiger partial charge is 0.439 e. The van der Waals surface area contributed by atoms with Gasteiger partial charge in [-0.3, -0.25) is 4.79 Å². The lowest BCUT2D eigenvalue weighted by atomic mass is 10.5. The molecule has 66 valence electrons. The minimum absolute atomic E-state index is 0.551. The van der Waals surface area contributed by atoms with Gasteiger partial charge in [0, 0.05) is 7.05 Å². The molecule has 1 amide bonds. The van der Waals surface area contributed by atoms with Crippen molar-refractivity contribution in [3.63, 3.8) is 0 Å². The average Bonchev–Trinajstić information content (AvgIpc) is 2.07. The first-order chi connectivity index (χ1) is 5.20. The highest BCUT2D eigenvalue weighted by molar-refractivity contribution is 5.70. The van der Waals surface area contributed by atoms with Gasteiger partial charge in [-0.1, -0.05) is 13.8 Å². The first-order valence-corrected chi connectivity index (χ1v) is 3.54. The summed E-state index contributed by atoms with van der Waals surface area (Å²) in [5, 5.41) is 2.21. The molecule has 0 heterocycles. The molecule has 0 aliphatic carbocycles. The van der Waals surface area contributed by atoms with Gasteiger partial charge in [-0.15, -0.1) is 0 Å². The number of amides is 1. The molecule has 0 saturated carbocycles. The molecule has 1 N–H and O–H groups in total. The van der Waals surface area contributed by atoms with Crippen molar-refractivity contribution in [1.82, 2.24) is 5.32 Å². The van der Waals surface area contributed by atoms with Crippen molar-refractivity contribution in [2.24, 2.45) is 0 Å². The monoisotopic (exact) mass is 161 g/mol. The van der Waals surface area contributed by atoms with Crippen molar-refractivity contribution in [3.8, 4) is 0 Å². The Labute approximate surface area is 66.9 Å². The van der Waals surface area contributed by atoms with Gasteiger partial charge in [0.2, 0.25) is 0 Å². The zero-order chi connectivity index (χ0) is 9.28. The summed E-state index contributed by atoms with van der Waals surface area (Å²) in [7, 11) is 1.43. The minimum Gasteiger partial charge on any atom is -0.439 e. The summed E-state index contributed by atoms with van der Waals surface area (Å²) in [4.78, 5) is 20.1. The fourth-order valence-corrected chi connectivity index (χ4v) is 0.256. The van der Waals surface area contributed by atoms with E-state index in [0.29, 0.717) is 6.29 Å². The number of nitrogens with one attached hydrogen (secondary N) is 1. The van der Waals surface area contributed by atoms with Crippen LogP contribution in [-0.4, -0.2) is 25.5 Å². The van der Waals surface area contributed by atoms with Crippen molar-refractivity contribution >= 4 is 12.4 Å². The van der Waals surface area contributed by atoms with E-state index in [9.17, 15) is 9.59 Å². The van der Waals surface area contributed by atoms with Gasteiger partial charge in [0.1, 0.15) is 0 Å². The lowest BCUT2D eigenvalue weighted by Gasteiger charge is -2.03. The average molecular weight is 161 g/mol.